The largest absolute Gasteiger partial charge is 0.496 e. The van der Waals surface area contributed by atoms with Crippen molar-refractivity contribution in [2.45, 2.75) is 57.4 Å². The SMILES string of the molecule is COc1ccc(OC)c(C2(N)CCCCC2)c1C(C)C. The Morgan fingerprint density at radius 3 is 2.05 bits per heavy atom. The normalized spacial score (nSPS) is 18.1. The van der Waals surface area contributed by atoms with E-state index in [2.05, 4.69) is 13.8 Å². The van der Waals surface area contributed by atoms with E-state index in [1.807, 2.05) is 12.1 Å². The van der Waals surface area contributed by atoms with Crippen LogP contribution in [0.15, 0.2) is 12.1 Å². The topological polar surface area (TPSA) is 44.5 Å². The summed E-state index contributed by atoms with van der Waals surface area (Å²) in [6, 6.07) is 3.98. The number of ether oxygens (including phenoxy) is 2. The summed E-state index contributed by atoms with van der Waals surface area (Å²) < 4.78 is 11.2. The first-order chi connectivity index (χ1) is 9.53. The lowest BCUT2D eigenvalue weighted by molar-refractivity contribution is 0.283. The summed E-state index contributed by atoms with van der Waals surface area (Å²) in [4.78, 5) is 0. The van der Waals surface area contributed by atoms with Gasteiger partial charge < -0.3 is 15.2 Å². The molecule has 1 aromatic rings. The third kappa shape index (κ3) is 2.64. The first-order valence-corrected chi connectivity index (χ1v) is 7.57. The van der Waals surface area contributed by atoms with E-state index in [1.165, 1.54) is 24.8 Å². The Kier molecular flexibility index (Phi) is 4.59. The molecule has 1 fully saturated rings. The van der Waals surface area contributed by atoms with Crippen molar-refractivity contribution in [1.82, 2.24) is 0 Å². The van der Waals surface area contributed by atoms with Gasteiger partial charge in [-0.1, -0.05) is 33.1 Å². The Morgan fingerprint density at radius 2 is 1.55 bits per heavy atom. The van der Waals surface area contributed by atoms with Crippen LogP contribution in [0, 0.1) is 0 Å². The van der Waals surface area contributed by atoms with Gasteiger partial charge in [-0.3, -0.25) is 0 Å². The Labute approximate surface area is 122 Å². The zero-order valence-corrected chi connectivity index (χ0v) is 13.2. The minimum absolute atomic E-state index is 0.280. The highest BCUT2D eigenvalue weighted by atomic mass is 16.5. The van der Waals surface area contributed by atoms with Gasteiger partial charge in [0, 0.05) is 16.7 Å². The van der Waals surface area contributed by atoms with Crippen LogP contribution in [0.2, 0.25) is 0 Å². The standard InChI is InChI=1S/C17H27NO2/c1-12(2)15-13(19-3)8-9-14(20-4)16(15)17(18)10-6-5-7-11-17/h8-9,12H,5-7,10-11,18H2,1-4H3. The van der Waals surface area contributed by atoms with E-state index in [-0.39, 0.29) is 5.54 Å². The summed E-state index contributed by atoms with van der Waals surface area (Å²) in [5.74, 6) is 2.18. The molecule has 1 saturated carbocycles. The van der Waals surface area contributed by atoms with Gasteiger partial charge in [0.25, 0.3) is 0 Å². The first-order valence-electron chi connectivity index (χ1n) is 7.57. The number of hydrogen-bond acceptors (Lipinski definition) is 3. The lowest BCUT2D eigenvalue weighted by atomic mass is 9.73. The van der Waals surface area contributed by atoms with Crippen molar-refractivity contribution >= 4 is 0 Å². The van der Waals surface area contributed by atoms with Crippen molar-refractivity contribution in [3.8, 4) is 11.5 Å². The molecule has 3 nitrogen and oxygen atoms in total. The lowest BCUT2D eigenvalue weighted by Crippen LogP contribution is -2.40. The van der Waals surface area contributed by atoms with Crippen molar-refractivity contribution in [1.29, 1.82) is 0 Å². The van der Waals surface area contributed by atoms with Crippen LogP contribution in [0.5, 0.6) is 11.5 Å². The van der Waals surface area contributed by atoms with Crippen molar-refractivity contribution in [3.05, 3.63) is 23.3 Å². The summed E-state index contributed by atoms with van der Waals surface area (Å²) >= 11 is 0. The molecule has 0 spiro atoms. The van der Waals surface area contributed by atoms with Gasteiger partial charge in [0.15, 0.2) is 0 Å². The summed E-state index contributed by atoms with van der Waals surface area (Å²) in [5, 5.41) is 0. The van der Waals surface area contributed by atoms with E-state index >= 15 is 0 Å². The Hall–Kier alpha value is -1.22. The van der Waals surface area contributed by atoms with Crippen molar-refractivity contribution in [3.63, 3.8) is 0 Å². The fourth-order valence-corrected chi connectivity index (χ4v) is 3.45. The average molecular weight is 277 g/mol. The number of hydrogen-bond donors (Lipinski definition) is 1. The molecule has 1 aromatic carbocycles. The van der Waals surface area contributed by atoms with Crippen LogP contribution in [0.1, 0.15) is 63.0 Å². The van der Waals surface area contributed by atoms with Crippen LogP contribution in [-0.4, -0.2) is 14.2 Å². The van der Waals surface area contributed by atoms with Gasteiger partial charge >= 0.3 is 0 Å². The molecular weight excluding hydrogens is 250 g/mol. The highest BCUT2D eigenvalue weighted by Gasteiger charge is 2.36. The molecule has 20 heavy (non-hydrogen) atoms. The molecule has 0 aromatic heterocycles. The Bertz CT molecular complexity index is 462. The van der Waals surface area contributed by atoms with Crippen LogP contribution in [0.25, 0.3) is 0 Å². The van der Waals surface area contributed by atoms with Crippen molar-refractivity contribution in [2.75, 3.05) is 14.2 Å². The van der Waals surface area contributed by atoms with Gasteiger partial charge in [0.2, 0.25) is 0 Å². The minimum Gasteiger partial charge on any atom is -0.496 e. The average Bonchev–Trinajstić information content (AvgIpc) is 2.46. The molecule has 0 unspecified atom stereocenters. The smallest absolute Gasteiger partial charge is 0.124 e. The summed E-state index contributed by atoms with van der Waals surface area (Å²) in [6.07, 6.45) is 5.71. The van der Waals surface area contributed by atoms with Gasteiger partial charge in [0.05, 0.1) is 14.2 Å². The zero-order chi connectivity index (χ0) is 14.8. The predicted octanol–water partition coefficient (Wildman–Crippen LogP) is 3.95. The van der Waals surface area contributed by atoms with E-state index in [9.17, 15) is 0 Å². The molecule has 1 aliphatic rings. The molecule has 0 heterocycles. The summed E-state index contributed by atoms with van der Waals surface area (Å²) in [7, 11) is 3.45. The molecule has 0 atom stereocenters. The van der Waals surface area contributed by atoms with Crippen LogP contribution in [0.4, 0.5) is 0 Å². The molecule has 0 bridgehead atoms. The quantitative estimate of drug-likeness (QED) is 0.906. The maximum Gasteiger partial charge on any atom is 0.124 e. The zero-order valence-electron chi connectivity index (χ0n) is 13.2. The molecule has 2 N–H and O–H groups in total. The van der Waals surface area contributed by atoms with Crippen LogP contribution in [-0.2, 0) is 5.54 Å². The molecular formula is C17H27NO2. The van der Waals surface area contributed by atoms with Gasteiger partial charge in [-0.15, -0.1) is 0 Å². The minimum atomic E-state index is -0.280. The molecule has 112 valence electrons. The van der Waals surface area contributed by atoms with Crippen LogP contribution < -0.4 is 15.2 Å². The third-order valence-electron chi connectivity index (χ3n) is 4.43. The summed E-state index contributed by atoms with van der Waals surface area (Å²) in [5.41, 5.74) is 8.87. The highest BCUT2D eigenvalue weighted by Crippen LogP contribution is 2.46. The van der Waals surface area contributed by atoms with Gasteiger partial charge in [-0.25, -0.2) is 0 Å². The summed E-state index contributed by atoms with van der Waals surface area (Å²) in [6.45, 7) is 4.37. The van der Waals surface area contributed by atoms with E-state index in [0.29, 0.717) is 5.92 Å². The second-order valence-corrected chi connectivity index (χ2v) is 6.13. The molecule has 0 aliphatic heterocycles. The predicted molar refractivity (Wildman–Crippen MR) is 82.6 cm³/mol. The van der Waals surface area contributed by atoms with Gasteiger partial charge in [-0.2, -0.15) is 0 Å². The number of rotatable bonds is 4. The highest BCUT2D eigenvalue weighted by molar-refractivity contribution is 5.54. The maximum atomic E-state index is 6.78. The third-order valence-corrected chi connectivity index (χ3v) is 4.43. The Morgan fingerprint density at radius 1 is 1.00 bits per heavy atom. The number of benzene rings is 1. The Balaban J connectivity index is 2.63. The van der Waals surface area contributed by atoms with Crippen molar-refractivity contribution < 1.29 is 9.47 Å². The number of methoxy groups -OCH3 is 2. The molecule has 0 amide bonds. The second-order valence-electron chi connectivity index (χ2n) is 6.13. The first kappa shape index (κ1) is 15.2. The fourth-order valence-electron chi connectivity index (χ4n) is 3.45. The van der Waals surface area contributed by atoms with E-state index in [4.69, 9.17) is 15.2 Å². The molecule has 3 heteroatoms. The van der Waals surface area contributed by atoms with Crippen molar-refractivity contribution in [2.24, 2.45) is 5.73 Å². The maximum absolute atomic E-state index is 6.78. The van der Waals surface area contributed by atoms with E-state index in [1.54, 1.807) is 14.2 Å². The van der Waals surface area contributed by atoms with E-state index in [0.717, 1.165) is 29.9 Å². The lowest BCUT2D eigenvalue weighted by Gasteiger charge is -2.37. The van der Waals surface area contributed by atoms with Gasteiger partial charge in [-0.05, 0) is 30.9 Å². The molecule has 2 rings (SSSR count). The fraction of sp³-hybridized carbons (Fsp3) is 0.647. The van der Waals surface area contributed by atoms with Gasteiger partial charge in [0.1, 0.15) is 11.5 Å². The molecule has 0 radical (unpaired) electrons. The molecule has 1 aliphatic carbocycles. The molecule has 0 saturated heterocycles. The van der Waals surface area contributed by atoms with Crippen LogP contribution in [0.3, 0.4) is 0 Å². The van der Waals surface area contributed by atoms with E-state index < -0.39 is 0 Å². The second kappa shape index (κ2) is 6.04. The number of nitrogens with two attached hydrogens (primary N) is 1. The van der Waals surface area contributed by atoms with Crippen LogP contribution >= 0.6 is 0 Å². The monoisotopic (exact) mass is 277 g/mol.